The normalized spacial score (nSPS) is 17.7. The summed E-state index contributed by atoms with van der Waals surface area (Å²) in [6.07, 6.45) is 6.72. The number of hydrogen-bond acceptors (Lipinski definition) is 3. The Morgan fingerprint density at radius 3 is 2.37 bits per heavy atom. The van der Waals surface area contributed by atoms with E-state index in [4.69, 9.17) is 10.8 Å². The Morgan fingerprint density at radius 2 is 1.84 bits per heavy atom. The van der Waals surface area contributed by atoms with Gasteiger partial charge in [0.15, 0.2) is 0 Å². The van der Waals surface area contributed by atoms with Crippen molar-refractivity contribution in [1.29, 1.82) is 0 Å². The van der Waals surface area contributed by atoms with Crippen LogP contribution in [0.4, 0.5) is 0 Å². The molecule has 0 saturated heterocycles. The molecular formula is C13H22N2O4. The molecule has 2 amide bonds. The molecule has 0 spiro atoms. The fraction of sp³-hybridized carbons (Fsp3) is 0.769. The Labute approximate surface area is 112 Å². The highest BCUT2D eigenvalue weighted by molar-refractivity contribution is 5.88. The number of carbonyl (C=O) groups is 3. The zero-order valence-corrected chi connectivity index (χ0v) is 11.1. The summed E-state index contributed by atoms with van der Waals surface area (Å²) in [4.78, 5) is 33.2. The fourth-order valence-corrected chi connectivity index (χ4v) is 2.48. The molecule has 0 aliphatic heterocycles. The van der Waals surface area contributed by atoms with E-state index >= 15 is 0 Å². The lowest BCUT2D eigenvalue weighted by molar-refractivity contribution is -0.143. The van der Waals surface area contributed by atoms with Gasteiger partial charge >= 0.3 is 5.97 Å². The third-order valence-corrected chi connectivity index (χ3v) is 3.54. The first-order valence-electron chi connectivity index (χ1n) is 6.79. The van der Waals surface area contributed by atoms with Crippen molar-refractivity contribution in [2.75, 3.05) is 0 Å². The summed E-state index contributed by atoms with van der Waals surface area (Å²) >= 11 is 0. The molecule has 1 fully saturated rings. The molecule has 19 heavy (non-hydrogen) atoms. The predicted molar refractivity (Wildman–Crippen MR) is 69.2 cm³/mol. The molecular weight excluding hydrogens is 248 g/mol. The van der Waals surface area contributed by atoms with Gasteiger partial charge in [0.25, 0.3) is 0 Å². The molecule has 1 rings (SSSR count). The highest BCUT2D eigenvalue weighted by Crippen LogP contribution is 2.27. The van der Waals surface area contributed by atoms with Gasteiger partial charge in [0, 0.05) is 6.42 Å². The summed E-state index contributed by atoms with van der Waals surface area (Å²) in [6.45, 7) is 0. The largest absolute Gasteiger partial charge is 0.480 e. The Kier molecular flexibility index (Phi) is 6.32. The van der Waals surface area contributed by atoms with Gasteiger partial charge in [-0.3, -0.25) is 9.59 Å². The summed E-state index contributed by atoms with van der Waals surface area (Å²) in [7, 11) is 0. The third kappa shape index (κ3) is 6.22. The lowest BCUT2D eigenvalue weighted by Crippen LogP contribution is -2.43. The van der Waals surface area contributed by atoms with Crippen molar-refractivity contribution in [1.82, 2.24) is 5.32 Å². The van der Waals surface area contributed by atoms with E-state index < -0.39 is 17.9 Å². The standard InChI is InChI=1S/C13H22N2O4/c14-11(16)8-10(13(18)19)15-12(17)7-6-9-4-2-1-3-5-9/h9-10H,1-8H2,(H2,14,16)(H,15,17)(H,18,19)/t10-/m1/s1. The summed E-state index contributed by atoms with van der Waals surface area (Å²) in [5.74, 6) is -1.72. The summed E-state index contributed by atoms with van der Waals surface area (Å²) < 4.78 is 0. The second kappa shape index (κ2) is 7.76. The number of rotatable bonds is 7. The molecule has 0 aromatic heterocycles. The molecule has 0 bridgehead atoms. The highest BCUT2D eigenvalue weighted by Gasteiger charge is 2.22. The van der Waals surface area contributed by atoms with Gasteiger partial charge in [-0.2, -0.15) is 0 Å². The van der Waals surface area contributed by atoms with Gasteiger partial charge in [0.05, 0.1) is 6.42 Å². The molecule has 0 heterocycles. The maximum Gasteiger partial charge on any atom is 0.326 e. The average Bonchev–Trinajstić information content (AvgIpc) is 2.36. The van der Waals surface area contributed by atoms with Crippen LogP contribution in [0.3, 0.4) is 0 Å². The van der Waals surface area contributed by atoms with Crippen molar-refractivity contribution in [3.63, 3.8) is 0 Å². The lowest BCUT2D eigenvalue weighted by atomic mass is 9.86. The first-order valence-corrected chi connectivity index (χ1v) is 6.79. The molecule has 1 atom stereocenters. The van der Waals surface area contributed by atoms with Crippen LogP contribution < -0.4 is 11.1 Å². The van der Waals surface area contributed by atoms with E-state index in [0.717, 1.165) is 19.3 Å². The molecule has 0 radical (unpaired) electrons. The SMILES string of the molecule is NC(=O)C[C@@H](NC(=O)CCC1CCCCC1)C(=O)O. The van der Waals surface area contributed by atoms with Crippen LogP contribution in [0.15, 0.2) is 0 Å². The fourth-order valence-electron chi connectivity index (χ4n) is 2.48. The molecule has 1 aliphatic carbocycles. The van der Waals surface area contributed by atoms with E-state index in [9.17, 15) is 14.4 Å². The number of nitrogens with one attached hydrogen (secondary N) is 1. The zero-order valence-electron chi connectivity index (χ0n) is 11.1. The van der Waals surface area contributed by atoms with E-state index in [2.05, 4.69) is 5.32 Å². The Balaban J connectivity index is 2.31. The molecule has 0 aromatic rings. The smallest absolute Gasteiger partial charge is 0.326 e. The number of carbonyl (C=O) groups excluding carboxylic acids is 2. The van der Waals surface area contributed by atoms with Gasteiger partial charge in [0.1, 0.15) is 6.04 Å². The molecule has 4 N–H and O–H groups in total. The van der Waals surface area contributed by atoms with Crippen molar-refractivity contribution in [2.24, 2.45) is 11.7 Å². The first-order chi connectivity index (χ1) is 8.99. The van der Waals surface area contributed by atoms with E-state index in [1.807, 2.05) is 0 Å². The summed E-state index contributed by atoms with van der Waals surface area (Å²) in [5, 5.41) is 11.2. The minimum absolute atomic E-state index is 0.313. The van der Waals surface area contributed by atoms with E-state index in [0.29, 0.717) is 12.3 Å². The number of hydrogen-bond donors (Lipinski definition) is 3. The number of primary amides is 1. The Bertz CT molecular complexity index is 338. The molecule has 6 heteroatoms. The van der Waals surface area contributed by atoms with Crippen LogP contribution in [0, 0.1) is 5.92 Å². The van der Waals surface area contributed by atoms with Crippen molar-refractivity contribution in [2.45, 2.75) is 57.4 Å². The maximum absolute atomic E-state index is 11.7. The van der Waals surface area contributed by atoms with Crippen LogP contribution in [0.2, 0.25) is 0 Å². The molecule has 6 nitrogen and oxygen atoms in total. The maximum atomic E-state index is 11.7. The Hall–Kier alpha value is -1.59. The molecule has 0 aromatic carbocycles. The first kappa shape index (κ1) is 15.5. The predicted octanol–water partition coefficient (Wildman–Crippen LogP) is 0.792. The highest BCUT2D eigenvalue weighted by atomic mass is 16.4. The van der Waals surface area contributed by atoms with E-state index in [1.54, 1.807) is 0 Å². The lowest BCUT2D eigenvalue weighted by Gasteiger charge is -2.21. The number of amides is 2. The zero-order chi connectivity index (χ0) is 14.3. The number of nitrogens with two attached hydrogens (primary N) is 1. The topological polar surface area (TPSA) is 109 Å². The van der Waals surface area contributed by atoms with Crippen molar-refractivity contribution in [3.8, 4) is 0 Å². The van der Waals surface area contributed by atoms with Gasteiger partial charge in [-0.1, -0.05) is 32.1 Å². The number of carboxylic acid groups (broad SMARTS) is 1. The van der Waals surface area contributed by atoms with Crippen LogP contribution in [0.1, 0.15) is 51.4 Å². The summed E-state index contributed by atoms with van der Waals surface area (Å²) in [6, 6.07) is -1.21. The van der Waals surface area contributed by atoms with Crippen LogP contribution in [-0.4, -0.2) is 28.9 Å². The second-order valence-electron chi connectivity index (χ2n) is 5.17. The van der Waals surface area contributed by atoms with Gasteiger partial charge in [-0.15, -0.1) is 0 Å². The number of aliphatic carboxylic acids is 1. The average molecular weight is 270 g/mol. The van der Waals surface area contributed by atoms with Crippen molar-refractivity contribution in [3.05, 3.63) is 0 Å². The van der Waals surface area contributed by atoms with E-state index in [-0.39, 0.29) is 12.3 Å². The van der Waals surface area contributed by atoms with E-state index in [1.165, 1.54) is 19.3 Å². The quantitative estimate of drug-likeness (QED) is 0.635. The number of carboxylic acids is 1. The van der Waals surface area contributed by atoms with Crippen LogP contribution in [-0.2, 0) is 14.4 Å². The Morgan fingerprint density at radius 1 is 1.21 bits per heavy atom. The van der Waals surface area contributed by atoms with Crippen LogP contribution in [0.25, 0.3) is 0 Å². The van der Waals surface area contributed by atoms with Gasteiger partial charge in [0.2, 0.25) is 11.8 Å². The molecule has 0 unspecified atom stereocenters. The van der Waals surface area contributed by atoms with Crippen molar-refractivity contribution < 1.29 is 19.5 Å². The van der Waals surface area contributed by atoms with Gasteiger partial charge in [-0.25, -0.2) is 4.79 Å². The molecule has 1 aliphatic rings. The second-order valence-corrected chi connectivity index (χ2v) is 5.17. The monoisotopic (exact) mass is 270 g/mol. The van der Waals surface area contributed by atoms with Crippen LogP contribution >= 0.6 is 0 Å². The van der Waals surface area contributed by atoms with Crippen LogP contribution in [0.5, 0.6) is 0 Å². The third-order valence-electron chi connectivity index (χ3n) is 3.54. The minimum Gasteiger partial charge on any atom is -0.480 e. The summed E-state index contributed by atoms with van der Waals surface area (Å²) in [5.41, 5.74) is 4.94. The molecule has 1 saturated carbocycles. The van der Waals surface area contributed by atoms with Crippen molar-refractivity contribution >= 4 is 17.8 Å². The molecule has 108 valence electrons. The minimum atomic E-state index is -1.23. The van der Waals surface area contributed by atoms with Gasteiger partial charge in [-0.05, 0) is 12.3 Å². The van der Waals surface area contributed by atoms with Gasteiger partial charge < -0.3 is 16.2 Å².